The minimum Gasteiger partial charge on any atom is -0.481 e. The third-order valence-electron chi connectivity index (χ3n) is 1.40. The van der Waals surface area contributed by atoms with Crippen molar-refractivity contribution in [2.24, 2.45) is 0 Å². The van der Waals surface area contributed by atoms with Crippen molar-refractivity contribution in [2.75, 3.05) is 24.7 Å². The zero-order valence-electron chi connectivity index (χ0n) is 8.39. The standard InChI is InChI=1S/C7H10N4O3S2/c1-8-4(12)2-9-6-10-11-7(16-6)15-3-5(13)14/h2-3H2,1H3,(H,8,12)(H,9,10)(H,13,14). The number of hydrogen-bond acceptors (Lipinski definition) is 7. The van der Waals surface area contributed by atoms with Crippen molar-refractivity contribution in [3.05, 3.63) is 0 Å². The summed E-state index contributed by atoms with van der Waals surface area (Å²) in [4.78, 5) is 21.2. The van der Waals surface area contributed by atoms with Gasteiger partial charge in [0.2, 0.25) is 11.0 Å². The van der Waals surface area contributed by atoms with Crippen LogP contribution in [-0.4, -0.2) is 46.5 Å². The van der Waals surface area contributed by atoms with Crippen LogP contribution >= 0.6 is 23.1 Å². The number of aromatic nitrogens is 2. The zero-order chi connectivity index (χ0) is 12.0. The van der Waals surface area contributed by atoms with Gasteiger partial charge in [-0.25, -0.2) is 0 Å². The number of amides is 1. The van der Waals surface area contributed by atoms with Crippen LogP contribution in [0.1, 0.15) is 0 Å². The predicted octanol–water partition coefficient (Wildman–Crippen LogP) is -0.127. The molecule has 0 unspecified atom stereocenters. The molecule has 0 aliphatic rings. The van der Waals surface area contributed by atoms with Crippen molar-refractivity contribution >= 4 is 40.1 Å². The molecule has 7 nitrogen and oxygen atoms in total. The van der Waals surface area contributed by atoms with Crippen LogP contribution in [0.4, 0.5) is 5.13 Å². The van der Waals surface area contributed by atoms with E-state index >= 15 is 0 Å². The number of carboxylic acid groups (broad SMARTS) is 1. The second-order valence-corrected chi connectivity index (χ2v) is 4.78. The molecule has 16 heavy (non-hydrogen) atoms. The zero-order valence-corrected chi connectivity index (χ0v) is 10.0. The molecule has 0 spiro atoms. The minimum absolute atomic E-state index is 0.0515. The molecule has 1 heterocycles. The largest absolute Gasteiger partial charge is 0.481 e. The number of hydrogen-bond donors (Lipinski definition) is 3. The van der Waals surface area contributed by atoms with Crippen molar-refractivity contribution in [3.8, 4) is 0 Å². The summed E-state index contributed by atoms with van der Waals surface area (Å²) >= 11 is 2.31. The van der Waals surface area contributed by atoms with Gasteiger partial charge in [-0.3, -0.25) is 9.59 Å². The SMILES string of the molecule is CNC(=O)CNc1nnc(SCC(=O)O)s1. The van der Waals surface area contributed by atoms with Crippen LogP contribution in [0.3, 0.4) is 0 Å². The lowest BCUT2D eigenvalue weighted by Crippen LogP contribution is -2.26. The highest BCUT2D eigenvalue weighted by atomic mass is 32.2. The van der Waals surface area contributed by atoms with Crippen molar-refractivity contribution in [1.82, 2.24) is 15.5 Å². The van der Waals surface area contributed by atoms with Gasteiger partial charge in [0.05, 0.1) is 12.3 Å². The van der Waals surface area contributed by atoms with Crippen molar-refractivity contribution in [1.29, 1.82) is 0 Å². The topological polar surface area (TPSA) is 104 Å². The van der Waals surface area contributed by atoms with Crippen LogP contribution in [0, 0.1) is 0 Å². The summed E-state index contributed by atoms with van der Waals surface area (Å²) in [6.45, 7) is 0.120. The van der Waals surface area contributed by atoms with Gasteiger partial charge in [0.1, 0.15) is 0 Å². The summed E-state index contributed by atoms with van der Waals surface area (Å²) in [5.74, 6) is -1.11. The summed E-state index contributed by atoms with van der Waals surface area (Å²) in [6.07, 6.45) is 0. The van der Waals surface area contributed by atoms with Crippen LogP contribution in [0.15, 0.2) is 4.34 Å². The molecule has 0 radical (unpaired) electrons. The summed E-state index contributed by atoms with van der Waals surface area (Å²) < 4.78 is 0.557. The van der Waals surface area contributed by atoms with E-state index in [9.17, 15) is 9.59 Å². The number of carbonyl (C=O) groups excluding carboxylic acids is 1. The van der Waals surface area contributed by atoms with Gasteiger partial charge in [0.15, 0.2) is 4.34 Å². The number of carbonyl (C=O) groups is 2. The number of likely N-dealkylation sites (N-methyl/N-ethyl adjacent to an activating group) is 1. The molecule has 1 aromatic rings. The van der Waals surface area contributed by atoms with Gasteiger partial charge in [0, 0.05) is 7.05 Å². The molecule has 0 aliphatic heterocycles. The van der Waals surface area contributed by atoms with E-state index in [-0.39, 0.29) is 18.2 Å². The Bertz CT molecular complexity index is 381. The third-order valence-corrected chi connectivity index (χ3v) is 3.40. The van der Waals surface area contributed by atoms with E-state index in [1.165, 1.54) is 18.4 Å². The molecule has 1 rings (SSSR count). The first-order valence-corrected chi connectivity index (χ1v) is 6.04. The monoisotopic (exact) mass is 262 g/mol. The normalized spacial score (nSPS) is 9.81. The average Bonchev–Trinajstić information content (AvgIpc) is 2.71. The maximum absolute atomic E-state index is 10.9. The Labute approximate surface area is 99.6 Å². The first-order chi connectivity index (χ1) is 7.61. The lowest BCUT2D eigenvalue weighted by atomic mass is 10.6. The molecule has 0 aromatic carbocycles. The quantitative estimate of drug-likeness (QED) is 0.613. The number of aliphatic carboxylic acids is 1. The average molecular weight is 262 g/mol. The minimum atomic E-state index is -0.903. The Kier molecular flexibility index (Phi) is 4.99. The summed E-state index contributed by atoms with van der Waals surface area (Å²) in [5.41, 5.74) is 0. The summed E-state index contributed by atoms with van der Waals surface area (Å²) in [6, 6.07) is 0. The van der Waals surface area contributed by atoms with E-state index < -0.39 is 5.97 Å². The highest BCUT2D eigenvalue weighted by molar-refractivity contribution is 8.01. The molecule has 1 aromatic heterocycles. The van der Waals surface area contributed by atoms with Gasteiger partial charge in [-0.05, 0) is 0 Å². The van der Waals surface area contributed by atoms with Gasteiger partial charge in [0.25, 0.3) is 0 Å². The Morgan fingerprint density at radius 1 is 1.50 bits per heavy atom. The van der Waals surface area contributed by atoms with Crippen molar-refractivity contribution in [3.63, 3.8) is 0 Å². The molecule has 88 valence electrons. The maximum Gasteiger partial charge on any atom is 0.313 e. The van der Waals surface area contributed by atoms with E-state index in [0.29, 0.717) is 9.47 Å². The molecular weight excluding hydrogens is 252 g/mol. The number of rotatable bonds is 6. The Hall–Kier alpha value is -1.35. The molecule has 0 saturated heterocycles. The highest BCUT2D eigenvalue weighted by Gasteiger charge is 2.07. The molecule has 1 amide bonds. The second-order valence-electron chi connectivity index (χ2n) is 2.58. The smallest absolute Gasteiger partial charge is 0.313 e. The molecule has 0 atom stereocenters. The third kappa shape index (κ3) is 4.45. The second kappa shape index (κ2) is 6.28. The van der Waals surface area contributed by atoms with Gasteiger partial charge in [-0.1, -0.05) is 23.1 Å². The molecule has 0 fully saturated rings. The van der Waals surface area contributed by atoms with E-state index in [4.69, 9.17) is 5.11 Å². The van der Waals surface area contributed by atoms with Crippen molar-refractivity contribution < 1.29 is 14.7 Å². The number of nitrogens with zero attached hydrogens (tertiary/aromatic N) is 2. The number of anilines is 1. The van der Waals surface area contributed by atoms with Gasteiger partial charge in [-0.15, -0.1) is 10.2 Å². The van der Waals surface area contributed by atoms with Crippen LogP contribution in [0.25, 0.3) is 0 Å². The number of carboxylic acids is 1. The van der Waals surface area contributed by atoms with E-state index in [0.717, 1.165) is 11.8 Å². The van der Waals surface area contributed by atoms with E-state index in [1.807, 2.05) is 0 Å². The van der Waals surface area contributed by atoms with E-state index in [1.54, 1.807) is 0 Å². The molecule has 0 aliphatic carbocycles. The first kappa shape index (κ1) is 12.7. The predicted molar refractivity (Wildman–Crippen MR) is 60.8 cm³/mol. The van der Waals surface area contributed by atoms with E-state index in [2.05, 4.69) is 20.8 Å². The van der Waals surface area contributed by atoms with Crippen LogP contribution in [0.5, 0.6) is 0 Å². The fraction of sp³-hybridized carbons (Fsp3) is 0.429. The fourth-order valence-corrected chi connectivity index (χ4v) is 2.18. The lowest BCUT2D eigenvalue weighted by Gasteiger charge is -1.98. The van der Waals surface area contributed by atoms with Crippen LogP contribution < -0.4 is 10.6 Å². The Morgan fingerprint density at radius 2 is 2.25 bits per heavy atom. The number of thioether (sulfide) groups is 1. The van der Waals surface area contributed by atoms with Gasteiger partial charge < -0.3 is 15.7 Å². The molecule has 0 saturated carbocycles. The Balaban J connectivity index is 2.39. The van der Waals surface area contributed by atoms with Gasteiger partial charge in [-0.2, -0.15) is 0 Å². The molecular formula is C7H10N4O3S2. The van der Waals surface area contributed by atoms with Crippen molar-refractivity contribution in [2.45, 2.75) is 4.34 Å². The highest BCUT2D eigenvalue weighted by Crippen LogP contribution is 2.24. The maximum atomic E-state index is 10.9. The fourth-order valence-electron chi connectivity index (χ4n) is 0.707. The molecule has 9 heteroatoms. The summed E-state index contributed by atoms with van der Waals surface area (Å²) in [5, 5.41) is 21.7. The van der Waals surface area contributed by atoms with Gasteiger partial charge >= 0.3 is 5.97 Å². The molecule has 0 bridgehead atoms. The molecule has 3 N–H and O–H groups in total. The first-order valence-electron chi connectivity index (χ1n) is 4.24. The number of nitrogens with one attached hydrogen (secondary N) is 2. The van der Waals surface area contributed by atoms with Crippen LogP contribution in [-0.2, 0) is 9.59 Å². The lowest BCUT2D eigenvalue weighted by molar-refractivity contribution is -0.133. The summed E-state index contributed by atoms with van der Waals surface area (Å²) in [7, 11) is 1.54. The van der Waals surface area contributed by atoms with Crippen LogP contribution in [0.2, 0.25) is 0 Å². The Morgan fingerprint density at radius 3 is 2.88 bits per heavy atom.